The van der Waals surface area contributed by atoms with Crippen LogP contribution >= 0.6 is 22.6 Å². The zero-order chi connectivity index (χ0) is 10.3. The Kier molecular flexibility index (Phi) is 2.66. The van der Waals surface area contributed by atoms with Crippen LogP contribution in [0.1, 0.15) is 5.76 Å². The van der Waals surface area contributed by atoms with Gasteiger partial charge in [0.25, 0.3) is 0 Å². The van der Waals surface area contributed by atoms with Gasteiger partial charge in [0, 0.05) is 15.2 Å². The quantitative estimate of drug-likeness (QED) is 0.756. The van der Waals surface area contributed by atoms with Crippen molar-refractivity contribution in [2.45, 2.75) is 11.8 Å². The van der Waals surface area contributed by atoms with Gasteiger partial charge in [-0.1, -0.05) is 0 Å². The second-order valence-electron chi connectivity index (χ2n) is 3.08. The molecule has 0 bridgehead atoms. The lowest BCUT2D eigenvalue weighted by Gasteiger charge is -1.93. The van der Waals surface area contributed by atoms with Crippen molar-refractivity contribution in [2.75, 3.05) is 6.26 Å². The van der Waals surface area contributed by atoms with Crippen LogP contribution in [0.15, 0.2) is 27.5 Å². The van der Waals surface area contributed by atoms with Crippen LogP contribution < -0.4 is 0 Å². The standard InChI is InChI=1S/C10H9IO2S/c1-6-10(14(2)12)8-5-7(11)3-4-9(8)13-6/h3-5H,1-2H3. The molecular weight excluding hydrogens is 311 g/mol. The molecule has 0 saturated carbocycles. The van der Waals surface area contributed by atoms with Gasteiger partial charge >= 0.3 is 0 Å². The van der Waals surface area contributed by atoms with Crippen molar-refractivity contribution in [3.8, 4) is 0 Å². The highest BCUT2D eigenvalue weighted by atomic mass is 127. The second-order valence-corrected chi connectivity index (χ2v) is 5.64. The van der Waals surface area contributed by atoms with Gasteiger partial charge in [-0.3, -0.25) is 4.21 Å². The minimum Gasteiger partial charge on any atom is -0.460 e. The van der Waals surface area contributed by atoms with E-state index in [9.17, 15) is 4.21 Å². The first kappa shape index (κ1) is 10.2. The third kappa shape index (κ3) is 1.61. The zero-order valence-electron chi connectivity index (χ0n) is 7.83. The lowest BCUT2D eigenvalue weighted by molar-refractivity contribution is 0.566. The zero-order valence-corrected chi connectivity index (χ0v) is 10.8. The van der Waals surface area contributed by atoms with Crippen molar-refractivity contribution in [3.63, 3.8) is 0 Å². The molecule has 0 amide bonds. The van der Waals surface area contributed by atoms with Crippen molar-refractivity contribution in [1.82, 2.24) is 0 Å². The maximum Gasteiger partial charge on any atom is 0.135 e. The van der Waals surface area contributed by atoms with Crippen LogP contribution in [-0.4, -0.2) is 10.5 Å². The lowest BCUT2D eigenvalue weighted by Crippen LogP contribution is -1.87. The van der Waals surface area contributed by atoms with Gasteiger partial charge in [-0.2, -0.15) is 0 Å². The molecule has 4 heteroatoms. The SMILES string of the molecule is Cc1oc2ccc(I)cc2c1S(C)=O. The monoisotopic (exact) mass is 320 g/mol. The maximum atomic E-state index is 11.5. The first-order chi connectivity index (χ1) is 6.59. The highest BCUT2D eigenvalue weighted by Gasteiger charge is 2.13. The molecule has 2 nitrogen and oxygen atoms in total. The summed E-state index contributed by atoms with van der Waals surface area (Å²) in [6.45, 7) is 1.85. The van der Waals surface area contributed by atoms with Crippen LogP contribution in [0.3, 0.4) is 0 Å². The molecule has 1 unspecified atom stereocenters. The van der Waals surface area contributed by atoms with Crippen molar-refractivity contribution in [2.24, 2.45) is 0 Å². The predicted octanol–water partition coefficient (Wildman–Crippen LogP) is 3.08. The van der Waals surface area contributed by atoms with E-state index < -0.39 is 10.8 Å². The third-order valence-corrected chi connectivity index (χ3v) is 3.81. The van der Waals surface area contributed by atoms with Crippen LogP contribution in [-0.2, 0) is 10.8 Å². The lowest BCUT2D eigenvalue weighted by atomic mass is 10.2. The Morgan fingerprint density at radius 1 is 1.43 bits per heavy atom. The van der Waals surface area contributed by atoms with E-state index in [0.717, 1.165) is 25.2 Å². The molecule has 2 rings (SSSR count). The summed E-state index contributed by atoms with van der Waals surface area (Å²) in [7, 11) is -0.989. The topological polar surface area (TPSA) is 30.2 Å². The fourth-order valence-corrected chi connectivity index (χ4v) is 2.93. The number of benzene rings is 1. The van der Waals surface area contributed by atoms with E-state index in [0.29, 0.717) is 0 Å². The molecule has 14 heavy (non-hydrogen) atoms. The van der Waals surface area contributed by atoms with E-state index in [-0.39, 0.29) is 0 Å². The molecule has 1 aromatic carbocycles. The van der Waals surface area contributed by atoms with E-state index in [2.05, 4.69) is 22.6 Å². The molecule has 0 aliphatic heterocycles. The molecule has 0 spiro atoms. The Labute approximate surface area is 98.3 Å². The highest BCUT2D eigenvalue weighted by molar-refractivity contribution is 14.1. The van der Waals surface area contributed by atoms with Gasteiger partial charge in [0.15, 0.2) is 0 Å². The molecule has 1 aromatic heterocycles. The second kappa shape index (κ2) is 3.66. The first-order valence-electron chi connectivity index (χ1n) is 4.11. The fourth-order valence-electron chi connectivity index (χ4n) is 1.53. The van der Waals surface area contributed by atoms with E-state index in [1.165, 1.54) is 0 Å². The number of fused-ring (bicyclic) bond motifs is 1. The summed E-state index contributed by atoms with van der Waals surface area (Å²) in [6, 6.07) is 5.90. The fraction of sp³-hybridized carbons (Fsp3) is 0.200. The summed E-state index contributed by atoms with van der Waals surface area (Å²) in [5.74, 6) is 0.753. The van der Waals surface area contributed by atoms with Crippen molar-refractivity contribution in [3.05, 3.63) is 27.5 Å². The minimum absolute atomic E-state index is 0.753. The number of aryl methyl sites for hydroxylation is 1. The van der Waals surface area contributed by atoms with Gasteiger partial charge in [-0.25, -0.2) is 0 Å². The van der Waals surface area contributed by atoms with Gasteiger partial charge in [-0.05, 0) is 47.7 Å². The molecule has 0 aliphatic rings. The van der Waals surface area contributed by atoms with Crippen LogP contribution in [0.25, 0.3) is 11.0 Å². The number of hydrogen-bond donors (Lipinski definition) is 0. The van der Waals surface area contributed by atoms with E-state index in [1.807, 2.05) is 25.1 Å². The van der Waals surface area contributed by atoms with Crippen LogP contribution in [0.2, 0.25) is 0 Å². The van der Waals surface area contributed by atoms with Crippen LogP contribution in [0.5, 0.6) is 0 Å². The predicted molar refractivity (Wildman–Crippen MR) is 66.0 cm³/mol. The van der Waals surface area contributed by atoms with E-state index >= 15 is 0 Å². The van der Waals surface area contributed by atoms with Gasteiger partial charge in [0.2, 0.25) is 0 Å². The summed E-state index contributed by atoms with van der Waals surface area (Å²) < 4.78 is 18.1. The molecule has 0 radical (unpaired) electrons. The largest absolute Gasteiger partial charge is 0.460 e. The highest BCUT2D eigenvalue weighted by Crippen LogP contribution is 2.28. The third-order valence-electron chi connectivity index (χ3n) is 2.06. The smallest absolute Gasteiger partial charge is 0.135 e. The molecule has 0 saturated heterocycles. The molecule has 1 atom stereocenters. The summed E-state index contributed by atoms with van der Waals surface area (Å²) in [6.07, 6.45) is 1.68. The van der Waals surface area contributed by atoms with Gasteiger partial charge < -0.3 is 4.42 Å². The van der Waals surface area contributed by atoms with Crippen molar-refractivity contribution < 1.29 is 8.63 Å². The molecule has 74 valence electrons. The molecule has 2 aromatic rings. The first-order valence-corrected chi connectivity index (χ1v) is 6.75. The van der Waals surface area contributed by atoms with Gasteiger partial charge in [0.1, 0.15) is 11.3 Å². The van der Waals surface area contributed by atoms with Gasteiger partial charge in [-0.15, -0.1) is 0 Å². The summed E-state index contributed by atoms with van der Waals surface area (Å²) in [5, 5.41) is 0.968. The summed E-state index contributed by atoms with van der Waals surface area (Å²) >= 11 is 2.24. The van der Waals surface area contributed by atoms with Crippen LogP contribution in [0.4, 0.5) is 0 Å². The molecule has 0 aliphatic carbocycles. The number of furan rings is 1. The Bertz CT molecular complexity index is 516. The Morgan fingerprint density at radius 3 is 2.79 bits per heavy atom. The number of hydrogen-bond acceptors (Lipinski definition) is 2. The van der Waals surface area contributed by atoms with Crippen molar-refractivity contribution >= 4 is 44.4 Å². The average molecular weight is 320 g/mol. The molecule has 0 N–H and O–H groups in total. The van der Waals surface area contributed by atoms with Crippen LogP contribution in [0, 0.1) is 10.5 Å². The number of halogens is 1. The molecular formula is C10H9IO2S. The Balaban J connectivity index is 2.86. The Hall–Kier alpha value is -0.360. The number of rotatable bonds is 1. The van der Waals surface area contributed by atoms with Gasteiger partial charge in [0.05, 0.1) is 15.7 Å². The normalized spacial score (nSPS) is 13.4. The average Bonchev–Trinajstić information content (AvgIpc) is 2.40. The molecule has 0 fully saturated rings. The maximum absolute atomic E-state index is 11.5. The van der Waals surface area contributed by atoms with Crippen molar-refractivity contribution in [1.29, 1.82) is 0 Å². The summed E-state index contributed by atoms with van der Waals surface area (Å²) in [4.78, 5) is 0.818. The molecule has 1 heterocycles. The summed E-state index contributed by atoms with van der Waals surface area (Å²) in [5.41, 5.74) is 0.813. The Morgan fingerprint density at radius 2 is 2.14 bits per heavy atom. The minimum atomic E-state index is -0.989. The van der Waals surface area contributed by atoms with E-state index in [4.69, 9.17) is 4.42 Å². The van der Waals surface area contributed by atoms with E-state index in [1.54, 1.807) is 6.26 Å².